The lowest BCUT2D eigenvalue weighted by atomic mass is 10.2. The molecular formula is C24H33IN4O3. The summed E-state index contributed by atoms with van der Waals surface area (Å²) in [4.78, 5) is 18.6. The first-order chi connectivity index (χ1) is 15.1. The number of hydrogen-bond donors (Lipinski definition) is 2. The molecule has 0 saturated heterocycles. The van der Waals surface area contributed by atoms with Crippen LogP contribution in [0.5, 0.6) is 11.5 Å². The fraction of sp³-hybridized carbons (Fsp3) is 0.417. The van der Waals surface area contributed by atoms with Gasteiger partial charge in [-0.1, -0.05) is 30.3 Å². The van der Waals surface area contributed by atoms with E-state index in [0.29, 0.717) is 31.5 Å². The third-order valence-corrected chi connectivity index (χ3v) is 4.76. The third kappa shape index (κ3) is 9.33. The Hall–Kier alpha value is -2.49. The van der Waals surface area contributed by atoms with Gasteiger partial charge in [-0.25, -0.2) is 4.99 Å². The van der Waals surface area contributed by atoms with Crippen LogP contribution in [-0.4, -0.2) is 56.2 Å². The molecule has 8 heteroatoms. The number of carbonyl (C=O) groups excluding carboxylic acids is 1. The molecule has 1 aliphatic rings. The van der Waals surface area contributed by atoms with Crippen molar-refractivity contribution in [1.82, 2.24) is 15.5 Å². The van der Waals surface area contributed by atoms with E-state index in [2.05, 4.69) is 15.5 Å². The number of carbonyl (C=O) groups is 1. The summed E-state index contributed by atoms with van der Waals surface area (Å²) in [6.07, 6.45) is 2.14. The van der Waals surface area contributed by atoms with Crippen molar-refractivity contribution in [2.45, 2.75) is 32.4 Å². The Labute approximate surface area is 207 Å². The molecule has 3 rings (SSSR count). The van der Waals surface area contributed by atoms with Crippen molar-refractivity contribution in [2.75, 3.05) is 33.4 Å². The quantitative estimate of drug-likeness (QED) is 0.254. The Morgan fingerprint density at radius 3 is 2.56 bits per heavy atom. The summed E-state index contributed by atoms with van der Waals surface area (Å²) >= 11 is 0. The van der Waals surface area contributed by atoms with Crippen molar-refractivity contribution in [2.24, 2.45) is 4.99 Å². The SMILES string of the molecule is CCNC(=NCc1cccc(OCC(=O)NC2CC2)c1)N(C)CCOc1ccccc1.I. The molecule has 1 fully saturated rings. The molecule has 0 aliphatic heterocycles. The van der Waals surface area contributed by atoms with Crippen molar-refractivity contribution in [3.05, 3.63) is 60.2 Å². The van der Waals surface area contributed by atoms with E-state index in [1.54, 1.807) is 0 Å². The van der Waals surface area contributed by atoms with Crippen LogP contribution in [0.3, 0.4) is 0 Å². The second kappa shape index (κ2) is 13.8. The highest BCUT2D eigenvalue weighted by Gasteiger charge is 2.23. The fourth-order valence-electron chi connectivity index (χ4n) is 2.94. The first-order valence-electron chi connectivity index (χ1n) is 10.8. The summed E-state index contributed by atoms with van der Waals surface area (Å²) < 4.78 is 11.4. The highest BCUT2D eigenvalue weighted by Crippen LogP contribution is 2.19. The lowest BCUT2D eigenvalue weighted by Gasteiger charge is -2.22. The molecule has 174 valence electrons. The van der Waals surface area contributed by atoms with Crippen LogP contribution in [0.4, 0.5) is 0 Å². The summed E-state index contributed by atoms with van der Waals surface area (Å²) in [6, 6.07) is 17.8. The third-order valence-electron chi connectivity index (χ3n) is 4.76. The molecule has 0 atom stereocenters. The topological polar surface area (TPSA) is 75.2 Å². The van der Waals surface area contributed by atoms with Crippen molar-refractivity contribution in [3.63, 3.8) is 0 Å². The molecule has 1 aliphatic carbocycles. The lowest BCUT2D eigenvalue weighted by Crippen LogP contribution is -2.40. The maximum absolute atomic E-state index is 11.8. The smallest absolute Gasteiger partial charge is 0.258 e. The number of rotatable bonds is 11. The summed E-state index contributed by atoms with van der Waals surface area (Å²) in [7, 11) is 1.99. The second-order valence-corrected chi connectivity index (χ2v) is 7.53. The Kier molecular flexibility index (Phi) is 11.1. The summed E-state index contributed by atoms with van der Waals surface area (Å²) in [5.74, 6) is 2.28. The molecule has 32 heavy (non-hydrogen) atoms. The lowest BCUT2D eigenvalue weighted by molar-refractivity contribution is -0.123. The minimum absolute atomic E-state index is 0. The molecule has 2 N–H and O–H groups in total. The summed E-state index contributed by atoms with van der Waals surface area (Å²) in [6.45, 7) is 4.65. The van der Waals surface area contributed by atoms with E-state index < -0.39 is 0 Å². The van der Waals surface area contributed by atoms with Gasteiger partial charge in [0.25, 0.3) is 5.91 Å². The average molecular weight is 552 g/mol. The zero-order chi connectivity index (χ0) is 21.9. The molecule has 7 nitrogen and oxygen atoms in total. The number of nitrogens with one attached hydrogen (secondary N) is 2. The van der Waals surface area contributed by atoms with E-state index in [4.69, 9.17) is 14.5 Å². The van der Waals surface area contributed by atoms with E-state index in [9.17, 15) is 4.79 Å². The van der Waals surface area contributed by atoms with Crippen LogP contribution in [0.25, 0.3) is 0 Å². The minimum Gasteiger partial charge on any atom is -0.492 e. The molecule has 1 saturated carbocycles. The van der Waals surface area contributed by atoms with E-state index >= 15 is 0 Å². The Balaban J connectivity index is 0.00000363. The molecule has 1 amide bonds. The number of guanidine groups is 1. The van der Waals surface area contributed by atoms with Crippen LogP contribution in [0.2, 0.25) is 0 Å². The number of amides is 1. The largest absolute Gasteiger partial charge is 0.492 e. The first kappa shape index (κ1) is 25.8. The van der Waals surface area contributed by atoms with Crippen LogP contribution in [-0.2, 0) is 11.3 Å². The highest BCUT2D eigenvalue weighted by atomic mass is 127. The number of para-hydroxylation sites is 1. The van der Waals surface area contributed by atoms with E-state index in [1.165, 1.54) is 0 Å². The molecule has 0 spiro atoms. The summed E-state index contributed by atoms with van der Waals surface area (Å²) in [5.41, 5.74) is 1.02. The van der Waals surface area contributed by atoms with Gasteiger partial charge in [-0.2, -0.15) is 0 Å². The molecule has 0 bridgehead atoms. The zero-order valence-electron chi connectivity index (χ0n) is 18.8. The maximum atomic E-state index is 11.8. The van der Waals surface area contributed by atoms with Gasteiger partial charge in [0, 0.05) is 19.6 Å². The normalized spacial score (nSPS) is 13.0. The number of nitrogens with zero attached hydrogens (tertiary/aromatic N) is 2. The number of likely N-dealkylation sites (N-methyl/N-ethyl adjacent to an activating group) is 1. The van der Waals surface area contributed by atoms with Crippen molar-refractivity contribution >= 4 is 35.8 Å². The van der Waals surface area contributed by atoms with Crippen LogP contribution < -0.4 is 20.1 Å². The van der Waals surface area contributed by atoms with Gasteiger partial charge in [0.2, 0.25) is 0 Å². The van der Waals surface area contributed by atoms with Crippen molar-refractivity contribution < 1.29 is 14.3 Å². The zero-order valence-corrected chi connectivity index (χ0v) is 21.1. The molecule has 0 aromatic heterocycles. The predicted octanol–water partition coefficient (Wildman–Crippen LogP) is 3.44. The first-order valence-corrected chi connectivity index (χ1v) is 10.8. The number of hydrogen-bond acceptors (Lipinski definition) is 4. The van der Waals surface area contributed by atoms with Gasteiger partial charge in [-0.05, 0) is 49.6 Å². The number of halogens is 1. The molecule has 0 unspecified atom stereocenters. The van der Waals surface area contributed by atoms with Crippen LogP contribution in [0.1, 0.15) is 25.3 Å². The Bertz CT molecular complexity index is 859. The monoisotopic (exact) mass is 552 g/mol. The van der Waals surface area contributed by atoms with Crippen LogP contribution in [0, 0.1) is 0 Å². The standard InChI is InChI=1S/C24H32N4O3.HI/c1-3-25-24(28(2)14-15-30-21-9-5-4-6-10-21)26-17-19-8-7-11-22(16-19)31-18-23(29)27-20-12-13-20;/h4-11,16,20H,3,12-15,17-18H2,1-2H3,(H,25,26)(H,27,29);1H. The van der Waals surface area contributed by atoms with Gasteiger partial charge >= 0.3 is 0 Å². The minimum atomic E-state index is -0.0697. The van der Waals surface area contributed by atoms with E-state index in [-0.39, 0.29) is 36.5 Å². The van der Waals surface area contributed by atoms with Crippen LogP contribution >= 0.6 is 24.0 Å². The average Bonchev–Trinajstić information content (AvgIpc) is 3.60. The molecule has 2 aromatic rings. The molecular weight excluding hydrogens is 519 g/mol. The summed E-state index contributed by atoms with van der Waals surface area (Å²) in [5, 5.41) is 6.24. The molecule has 0 radical (unpaired) electrons. The van der Waals surface area contributed by atoms with Gasteiger partial charge in [0.1, 0.15) is 18.1 Å². The fourth-order valence-corrected chi connectivity index (χ4v) is 2.94. The van der Waals surface area contributed by atoms with Gasteiger partial charge in [0.05, 0.1) is 13.1 Å². The van der Waals surface area contributed by atoms with E-state index in [1.807, 2.05) is 68.6 Å². The highest BCUT2D eigenvalue weighted by molar-refractivity contribution is 14.0. The van der Waals surface area contributed by atoms with Gasteiger partial charge in [-0.3, -0.25) is 4.79 Å². The molecule has 2 aromatic carbocycles. The maximum Gasteiger partial charge on any atom is 0.258 e. The van der Waals surface area contributed by atoms with Gasteiger partial charge < -0.3 is 25.0 Å². The Morgan fingerprint density at radius 1 is 1.09 bits per heavy atom. The van der Waals surface area contributed by atoms with Gasteiger partial charge in [-0.15, -0.1) is 24.0 Å². The van der Waals surface area contributed by atoms with Crippen molar-refractivity contribution in [1.29, 1.82) is 0 Å². The van der Waals surface area contributed by atoms with Gasteiger partial charge in [0.15, 0.2) is 12.6 Å². The second-order valence-electron chi connectivity index (χ2n) is 7.53. The Morgan fingerprint density at radius 2 is 1.84 bits per heavy atom. The van der Waals surface area contributed by atoms with E-state index in [0.717, 1.165) is 36.7 Å². The predicted molar refractivity (Wildman–Crippen MR) is 138 cm³/mol. The number of ether oxygens (including phenoxy) is 2. The molecule has 0 heterocycles. The number of benzene rings is 2. The number of aliphatic imine (C=N–C) groups is 1. The van der Waals surface area contributed by atoms with Crippen molar-refractivity contribution in [3.8, 4) is 11.5 Å². The van der Waals surface area contributed by atoms with Crippen LogP contribution in [0.15, 0.2) is 59.6 Å².